The lowest BCUT2D eigenvalue weighted by molar-refractivity contribution is 0.0697. The zero-order chi connectivity index (χ0) is 25.2. The lowest BCUT2D eigenvalue weighted by atomic mass is 9.79. The molecule has 4 aromatic heterocycles. The second-order valence-corrected chi connectivity index (χ2v) is 9.42. The molecule has 1 saturated carbocycles. The minimum Gasteiger partial charge on any atom is -0.478 e. The number of pyridine rings is 2. The third-order valence-electron chi connectivity index (χ3n) is 7.05. The van der Waals surface area contributed by atoms with E-state index >= 15 is 0 Å². The zero-order valence-electron chi connectivity index (χ0n) is 20.3. The van der Waals surface area contributed by atoms with E-state index in [0.29, 0.717) is 40.9 Å². The summed E-state index contributed by atoms with van der Waals surface area (Å²) in [6.07, 6.45) is 8.76. The number of carbonyl (C=O) groups is 2. The van der Waals surface area contributed by atoms with Crippen LogP contribution in [0.2, 0.25) is 0 Å². The molecule has 4 aromatic rings. The molecule has 36 heavy (non-hydrogen) atoms. The summed E-state index contributed by atoms with van der Waals surface area (Å²) in [5.74, 6) is 0.322. The molecular formula is C26H29N7O3. The maximum absolute atomic E-state index is 13.2. The van der Waals surface area contributed by atoms with E-state index in [0.717, 1.165) is 31.2 Å². The molecule has 186 valence electrons. The molecule has 0 unspecified atom stereocenters. The Labute approximate surface area is 208 Å². The Hall–Kier alpha value is -4.08. The summed E-state index contributed by atoms with van der Waals surface area (Å²) < 4.78 is 1.68. The van der Waals surface area contributed by atoms with Crippen LogP contribution in [0.3, 0.4) is 0 Å². The van der Waals surface area contributed by atoms with Crippen molar-refractivity contribution in [3.05, 3.63) is 59.9 Å². The van der Waals surface area contributed by atoms with Gasteiger partial charge in [0.2, 0.25) is 0 Å². The predicted molar refractivity (Wildman–Crippen MR) is 133 cm³/mol. The number of imidazole rings is 1. The predicted octanol–water partition coefficient (Wildman–Crippen LogP) is 4.23. The molecule has 10 heteroatoms. The minimum atomic E-state index is -1.04. The van der Waals surface area contributed by atoms with Crippen LogP contribution in [0.25, 0.3) is 22.4 Å². The van der Waals surface area contributed by atoms with Crippen LogP contribution in [-0.2, 0) is 6.54 Å². The van der Waals surface area contributed by atoms with Crippen LogP contribution in [0.1, 0.15) is 72.2 Å². The van der Waals surface area contributed by atoms with Gasteiger partial charge >= 0.3 is 5.97 Å². The second kappa shape index (κ2) is 9.88. The number of rotatable bonds is 7. The van der Waals surface area contributed by atoms with Gasteiger partial charge in [0, 0.05) is 30.7 Å². The van der Waals surface area contributed by atoms with Gasteiger partial charge in [0.25, 0.3) is 5.91 Å². The van der Waals surface area contributed by atoms with Crippen molar-refractivity contribution in [1.82, 2.24) is 35.0 Å². The maximum atomic E-state index is 13.2. The van der Waals surface area contributed by atoms with E-state index in [4.69, 9.17) is 4.98 Å². The van der Waals surface area contributed by atoms with Crippen LogP contribution in [0.15, 0.2) is 42.9 Å². The highest BCUT2D eigenvalue weighted by Gasteiger charge is 2.32. The highest BCUT2D eigenvalue weighted by molar-refractivity contribution is 5.95. The highest BCUT2D eigenvalue weighted by Crippen LogP contribution is 2.37. The van der Waals surface area contributed by atoms with Gasteiger partial charge in [-0.3, -0.25) is 14.5 Å². The molecule has 4 heterocycles. The molecule has 3 N–H and O–H groups in total. The van der Waals surface area contributed by atoms with Gasteiger partial charge < -0.3 is 15.4 Å². The van der Waals surface area contributed by atoms with Gasteiger partial charge in [-0.25, -0.2) is 14.8 Å². The average molecular weight is 488 g/mol. The van der Waals surface area contributed by atoms with E-state index < -0.39 is 5.97 Å². The fourth-order valence-electron chi connectivity index (χ4n) is 5.01. The Morgan fingerprint density at radius 1 is 1.14 bits per heavy atom. The quantitative estimate of drug-likeness (QED) is 0.354. The highest BCUT2D eigenvalue weighted by atomic mass is 16.4. The Morgan fingerprint density at radius 2 is 1.94 bits per heavy atom. The minimum absolute atomic E-state index is 0.126. The van der Waals surface area contributed by atoms with Gasteiger partial charge in [0.15, 0.2) is 5.65 Å². The van der Waals surface area contributed by atoms with Gasteiger partial charge in [-0.05, 0) is 55.9 Å². The zero-order valence-corrected chi connectivity index (χ0v) is 20.3. The Bertz CT molecular complexity index is 1400. The number of nitrogens with zero attached hydrogens (tertiary/aromatic N) is 5. The molecule has 10 nitrogen and oxygen atoms in total. The number of hydrogen-bond donors (Lipinski definition) is 3. The molecule has 1 aliphatic carbocycles. The average Bonchev–Trinajstić information content (AvgIpc) is 3.54. The molecule has 5 rings (SSSR count). The number of aromatic nitrogens is 6. The van der Waals surface area contributed by atoms with Crippen molar-refractivity contribution >= 4 is 23.0 Å². The fourth-order valence-corrected chi connectivity index (χ4v) is 5.01. The van der Waals surface area contributed by atoms with Crippen molar-refractivity contribution in [2.45, 2.75) is 52.1 Å². The molecule has 0 bridgehead atoms. The third-order valence-corrected chi connectivity index (χ3v) is 7.05. The molecule has 0 spiro atoms. The molecule has 1 fully saturated rings. The monoisotopic (exact) mass is 487 g/mol. The van der Waals surface area contributed by atoms with Gasteiger partial charge in [-0.15, -0.1) is 0 Å². The van der Waals surface area contributed by atoms with Crippen LogP contribution >= 0.6 is 0 Å². The second-order valence-electron chi connectivity index (χ2n) is 9.42. The van der Waals surface area contributed by atoms with Gasteiger partial charge in [-0.1, -0.05) is 19.8 Å². The summed E-state index contributed by atoms with van der Waals surface area (Å²) in [5, 5.41) is 17.0. The molecule has 1 aliphatic rings. The van der Waals surface area contributed by atoms with Crippen LogP contribution in [0.4, 0.5) is 0 Å². The summed E-state index contributed by atoms with van der Waals surface area (Å²) in [6.45, 7) is 4.82. The summed E-state index contributed by atoms with van der Waals surface area (Å²) in [7, 11) is 0. The van der Waals surface area contributed by atoms with Crippen LogP contribution < -0.4 is 5.32 Å². The number of nitrogens with one attached hydrogen (secondary N) is 2. The number of carboxylic acids is 1. The number of amides is 1. The maximum Gasteiger partial charge on any atom is 0.336 e. The first-order chi connectivity index (χ1) is 17.4. The summed E-state index contributed by atoms with van der Waals surface area (Å²) in [4.78, 5) is 41.7. The first kappa shape index (κ1) is 23.7. The summed E-state index contributed by atoms with van der Waals surface area (Å²) in [5.41, 5.74) is 2.73. The molecular weight excluding hydrogens is 458 g/mol. The number of aryl methyl sites for hydroxylation is 1. The van der Waals surface area contributed by atoms with Crippen molar-refractivity contribution < 1.29 is 14.7 Å². The SMILES string of the molecule is CCn1nccc1C(=O)N[C@H](c1nc2nc(-c3cnccc3C(=O)O)ccc2[nH]1)C1CCC(C)CC1. The molecule has 0 aliphatic heterocycles. The fraction of sp³-hybridized carbons (Fsp3) is 0.385. The van der Waals surface area contributed by atoms with Gasteiger partial charge in [-0.2, -0.15) is 5.10 Å². The lowest BCUT2D eigenvalue weighted by Gasteiger charge is -2.32. The number of hydrogen-bond acceptors (Lipinski definition) is 6. The van der Waals surface area contributed by atoms with Gasteiger partial charge in [0.1, 0.15) is 11.5 Å². The van der Waals surface area contributed by atoms with E-state index in [1.807, 2.05) is 13.0 Å². The lowest BCUT2D eigenvalue weighted by Crippen LogP contribution is -2.36. The normalized spacial score (nSPS) is 18.7. The van der Waals surface area contributed by atoms with E-state index in [2.05, 4.69) is 32.3 Å². The summed E-state index contributed by atoms with van der Waals surface area (Å²) in [6, 6.07) is 6.45. The van der Waals surface area contributed by atoms with Crippen molar-refractivity contribution in [3.63, 3.8) is 0 Å². The number of carboxylic acid groups (broad SMARTS) is 1. The molecule has 1 amide bonds. The number of aromatic carboxylic acids is 1. The molecule has 0 radical (unpaired) electrons. The number of carbonyl (C=O) groups excluding carboxylic acids is 1. The van der Waals surface area contributed by atoms with E-state index in [1.165, 1.54) is 18.5 Å². The molecule has 1 atom stereocenters. The number of fused-ring (bicyclic) bond motifs is 1. The number of aromatic amines is 1. The van der Waals surface area contributed by atoms with Crippen LogP contribution in [0, 0.1) is 11.8 Å². The largest absolute Gasteiger partial charge is 0.478 e. The Kier molecular flexibility index (Phi) is 6.49. The summed E-state index contributed by atoms with van der Waals surface area (Å²) >= 11 is 0. The Morgan fingerprint density at radius 3 is 2.69 bits per heavy atom. The molecule has 0 saturated heterocycles. The van der Waals surface area contributed by atoms with Crippen molar-refractivity contribution in [2.75, 3.05) is 0 Å². The first-order valence-corrected chi connectivity index (χ1v) is 12.3. The smallest absolute Gasteiger partial charge is 0.336 e. The van der Waals surface area contributed by atoms with Crippen LogP contribution in [0.5, 0.6) is 0 Å². The van der Waals surface area contributed by atoms with E-state index in [1.54, 1.807) is 23.0 Å². The van der Waals surface area contributed by atoms with Crippen molar-refractivity contribution in [2.24, 2.45) is 11.8 Å². The first-order valence-electron chi connectivity index (χ1n) is 12.3. The van der Waals surface area contributed by atoms with E-state index in [-0.39, 0.29) is 23.4 Å². The van der Waals surface area contributed by atoms with E-state index in [9.17, 15) is 14.7 Å². The van der Waals surface area contributed by atoms with Gasteiger partial charge in [0.05, 0.1) is 22.8 Å². The third kappa shape index (κ3) is 4.58. The molecule has 0 aromatic carbocycles. The van der Waals surface area contributed by atoms with Crippen molar-refractivity contribution in [1.29, 1.82) is 0 Å². The Balaban J connectivity index is 1.50. The van der Waals surface area contributed by atoms with Crippen LogP contribution in [-0.4, -0.2) is 46.7 Å². The standard InChI is InChI=1S/C26H29N7O3/c1-3-33-21(11-13-28-33)25(34)31-22(16-6-4-15(2)5-7-16)24-30-20-9-8-19(29-23(20)32-24)18-14-27-12-10-17(18)26(35)36/h8-16,22H,3-7H2,1-2H3,(H,31,34)(H,35,36)(H,29,30,32)/t15?,16?,22-/m0/s1. The van der Waals surface area contributed by atoms with Crippen molar-refractivity contribution in [3.8, 4) is 11.3 Å². The number of H-pyrrole nitrogens is 1. The topological polar surface area (TPSA) is 139 Å².